The first-order chi connectivity index (χ1) is 9.10. The molecular formula is C14H18N4O. The summed E-state index contributed by atoms with van der Waals surface area (Å²) in [6, 6.07) is 5.85. The standard InChI is InChI=1S/C14H18N4O/c1-10-2-3-12(9-15)14(17-10)18-6-4-11(5-7-18)8-13(16)19/h2-3,11H,4-8H2,1H3,(H2,16,19). The molecule has 0 bridgehead atoms. The maximum absolute atomic E-state index is 10.9. The summed E-state index contributed by atoms with van der Waals surface area (Å²) >= 11 is 0. The number of hydrogen-bond acceptors (Lipinski definition) is 4. The van der Waals surface area contributed by atoms with Crippen LogP contribution >= 0.6 is 0 Å². The topological polar surface area (TPSA) is 83.0 Å². The van der Waals surface area contributed by atoms with Gasteiger partial charge in [-0.15, -0.1) is 0 Å². The number of hydrogen-bond donors (Lipinski definition) is 1. The number of anilines is 1. The fourth-order valence-corrected chi connectivity index (χ4v) is 2.50. The van der Waals surface area contributed by atoms with Crippen LogP contribution in [0.25, 0.3) is 0 Å². The Labute approximate surface area is 113 Å². The molecule has 1 aliphatic rings. The Morgan fingerprint density at radius 1 is 1.53 bits per heavy atom. The van der Waals surface area contributed by atoms with Gasteiger partial charge in [-0.1, -0.05) is 0 Å². The van der Waals surface area contributed by atoms with Crippen LogP contribution in [0.5, 0.6) is 0 Å². The van der Waals surface area contributed by atoms with Gasteiger partial charge in [-0.05, 0) is 37.8 Å². The molecule has 1 aromatic rings. The van der Waals surface area contributed by atoms with Crippen molar-refractivity contribution in [2.24, 2.45) is 11.7 Å². The van der Waals surface area contributed by atoms with Crippen molar-refractivity contribution in [2.75, 3.05) is 18.0 Å². The molecular weight excluding hydrogens is 240 g/mol. The Kier molecular flexibility index (Phi) is 4.00. The van der Waals surface area contributed by atoms with E-state index in [1.807, 2.05) is 19.1 Å². The van der Waals surface area contributed by atoms with Crippen LogP contribution in [0.2, 0.25) is 0 Å². The van der Waals surface area contributed by atoms with Crippen molar-refractivity contribution >= 4 is 11.7 Å². The molecule has 0 saturated carbocycles. The summed E-state index contributed by atoms with van der Waals surface area (Å²) in [5, 5.41) is 9.13. The second-order valence-electron chi connectivity index (χ2n) is 5.04. The molecule has 1 amide bonds. The van der Waals surface area contributed by atoms with Gasteiger partial charge >= 0.3 is 0 Å². The highest BCUT2D eigenvalue weighted by atomic mass is 16.1. The molecule has 0 spiro atoms. The Morgan fingerprint density at radius 2 is 2.21 bits per heavy atom. The number of piperidine rings is 1. The summed E-state index contributed by atoms with van der Waals surface area (Å²) in [7, 11) is 0. The van der Waals surface area contributed by atoms with Gasteiger partial charge in [0.1, 0.15) is 11.9 Å². The van der Waals surface area contributed by atoms with Gasteiger partial charge in [-0.2, -0.15) is 5.26 Å². The number of pyridine rings is 1. The highest BCUT2D eigenvalue weighted by molar-refractivity contribution is 5.74. The molecule has 0 aromatic carbocycles. The molecule has 5 heteroatoms. The predicted octanol–water partition coefficient (Wildman–Crippen LogP) is 1.35. The summed E-state index contributed by atoms with van der Waals surface area (Å²) in [6.07, 6.45) is 2.30. The Hall–Kier alpha value is -2.09. The normalized spacial score (nSPS) is 16.1. The van der Waals surface area contributed by atoms with E-state index in [-0.39, 0.29) is 5.91 Å². The number of nitrogens with zero attached hydrogens (tertiary/aromatic N) is 3. The van der Waals surface area contributed by atoms with Crippen molar-refractivity contribution in [3.63, 3.8) is 0 Å². The molecule has 19 heavy (non-hydrogen) atoms. The van der Waals surface area contributed by atoms with E-state index in [4.69, 9.17) is 11.0 Å². The van der Waals surface area contributed by atoms with Gasteiger partial charge in [0.25, 0.3) is 0 Å². The molecule has 0 radical (unpaired) electrons. The summed E-state index contributed by atoms with van der Waals surface area (Å²) in [5.74, 6) is 0.897. The third-order valence-corrected chi connectivity index (χ3v) is 3.54. The van der Waals surface area contributed by atoms with Crippen LogP contribution in [0.4, 0.5) is 5.82 Å². The molecule has 1 fully saturated rings. The van der Waals surface area contributed by atoms with Gasteiger partial charge in [-0.3, -0.25) is 4.79 Å². The highest BCUT2D eigenvalue weighted by Crippen LogP contribution is 2.26. The quantitative estimate of drug-likeness (QED) is 0.887. The van der Waals surface area contributed by atoms with Crippen LogP contribution in [0.1, 0.15) is 30.5 Å². The number of amides is 1. The molecule has 1 aliphatic heterocycles. The fourth-order valence-electron chi connectivity index (χ4n) is 2.50. The molecule has 1 saturated heterocycles. The number of aromatic nitrogens is 1. The minimum Gasteiger partial charge on any atom is -0.370 e. The lowest BCUT2D eigenvalue weighted by Crippen LogP contribution is -2.36. The van der Waals surface area contributed by atoms with Crippen molar-refractivity contribution in [3.8, 4) is 6.07 Å². The maximum Gasteiger partial charge on any atom is 0.217 e. The second kappa shape index (κ2) is 5.70. The van der Waals surface area contributed by atoms with E-state index in [1.54, 1.807) is 0 Å². The van der Waals surface area contributed by atoms with Gasteiger partial charge in [0.2, 0.25) is 5.91 Å². The van der Waals surface area contributed by atoms with E-state index < -0.39 is 0 Å². The van der Waals surface area contributed by atoms with E-state index in [9.17, 15) is 4.79 Å². The lowest BCUT2D eigenvalue weighted by Gasteiger charge is -2.32. The molecule has 5 nitrogen and oxygen atoms in total. The van der Waals surface area contributed by atoms with E-state index >= 15 is 0 Å². The summed E-state index contributed by atoms with van der Waals surface area (Å²) in [5.41, 5.74) is 6.75. The van der Waals surface area contributed by atoms with Gasteiger partial charge in [-0.25, -0.2) is 4.98 Å². The van der Waals surface area contributed by atoms with Crippen LogP contribution in [0, 0.1) is 24.2 Å². The van der Waals surface area contributed by atoms with Crippen LogP contribution in [-0.2, 0) is 4.79 Å². The zero-order valence-electron chi connectivity index (χ0n) is 11.1. The number of carbonyl (C=O) groups excluding carboxylic acids is 1. The molecule has 2 heterocycles. The molecule has 100 valence electrons. The van der Waals surface area contributed by atoms with Crippen molar-refractivity contribution in [3.05, 3.63) is 23.4 Å². The van der Waals surface area contributed by atoms with Crippen molar-refractivity contribution in [1.29, 1.82) is 5.26 Å². The van der Waals surface area contributed by atoms with Gasteiger partial charge in [0.15, 0.2) is 0 Å². The minimum atomic E-state index is -0.232. The van der Waals surface area contributed by atoms with E-state index in [1.165, 1.54) is 0 Å². The molecule has 2 N–H and O–H groups in total. The van der Waals surface area contributed by atoms with E-state index in [0.717, 1.165) is 37.4 Å². The zero-order chi connectivity index (χ0) is 13.8. The first kappa shape index (κ1) is 13.3. The second-order valence-corrected chi connectivity index (χ2v) is 5.04. The minimum absolute atomic E-state index is 0.232. The SMILES string of the molecule is Cc1ccc(C#N)c(N2CCC(CC(N)=O)CC2)n1. The lowest BCUT2D eigenvalue weighted by molar-refractivity contribution is -0.119. The molecule has 2 rings (SSSR count). The number of nitrogens with two attached hydrogens (primary N) is 1. The summed E-state index contributed by atoms with van der Waals surface area (Å²) in [4.78, 5) is 17.5. The van der Waals surface area contributed by atoms with Crippen molar-refractivity contribution in [2.45, 2.75) is 26.2 Å². The number of nitriles is 1. The first-order valence-corrected chi connectivity index (χ1v) is 6.51. The van der Waals surface area contributed by atoms with E-state index in [0.29, 0.717) is 17.9 Å². The van der Waals surface area contributed by atoms with Crippen LogP contribution in [-0.4, -0.2) is 24.0 Å². The summed E-state index contributed by atoms with van der Waals surface area (Å²) in [6.45, 7) is 3.57. The first-order valence-electron chi connectivity index (χ1n) is 6.51. The molecule has 0 aliphatic carbocycles. The van der Waals surface area contributed by atoms with Gasteiger partial charge in [0, 0.05) is 25.2 Å². The number of rotatable bonds is 3. The van der Waals surface area contributed by atoms with Crippen LogP contribution in [0.15, 0.2) is 12.1 Å². The number of primary amides is 1. The highest BCUT2D eigenvalue weighted by Gasteiger charge is 2.23. The van der Waals surface area contributed by atoms with E-state index in [2.05, 4.69) is 16.0 Å². The average Bonchev–Trinajstić information content (AvgIpc) is 2.39. The third-order valence-electron chi connectivity index (χ3n) is 3.54. The van der Waals surface area contributed by atoms with Crippen LogP contribution < -0.4 is 10.6 Å². The van der Waals surface area contributed by atoms with Crippen molar-refractivity contribution < 1.29 is 4.79 Å². The van der Waals surface area contributed by atoms with Crippen molar-refractivity contribution in [1.82, 2.24) is 4.98 Å². The fraction of sp³-hybridized carbons (Fsp3) is 0.500. The average molecular weight is 258 g/mol. The molecule has 1 aromatic heterocycles. The summed E-state index contributed by atoms with van der Waals surface area (Å²) < 4.78 is 0. The Balaban J connectivity index is 2.07. The Bertz CT molecular complexity index is 513. The van der Waals surface area contributed by atoms with Crippen LogP contribution in [0.3, 0.4) is 0 Å². The largest absolute Gasteiger partial charge is 0.370 e. The Morgan fingerprint density at radius 3 is 2.79 bits per heavy atom. The molecule has 0 unspecified atom stereocenters. The monoisotopic (exact) mass is 258 g/mol. The predicted molar refractivity (Wildman–Crippen MR) is 72.4 cm³/mol. The smallest absolute Gasteiger partial charge is 0.217 e. The van der Waals surface area contributed by atoms with Gasteiger partial charge < -0.3 is 10.6 Å². The zero-order valence-corrected chi connectivity index (χ0v) is 11.1. The van der Waals surface area contributed by atoms with Gasteiger partial charge in [0.05, 0.1) is 5.56 Å². The third kappa shape index (κ3) is 3.22. The maximum atomic E-state index is 10.9. The number of aryl methyl sites for hydroxylation is 1. The molecule has 0 atom stereocenters. The number of carbonyl (C=O) groups is 1. The lowest BCUT2D eigenvalue weighted by atomic mass is 9.93.